The van der Waals surface area contributed by atoms with E-state index in [2.05, 4.69) is 22.5 Å². The summed E-state index contributed by atoms with van der Waals surface area (Å²) in [5.74, 6) is -0.729. The molecule has 0 spiro atoms. The molecule has 29 heavy (non-hydrogen) atoms. The molecular formula is C22H26N2O5. The fourth-order valence-electron chi connectivity index (χ4n) is 2.55. The third kappa shape index (κ3) is 6.95. The van der Waals surface area contributed by atoms with Crippen molar-refractivity contribution in [2.75, 3.05) is 13.7 Å². The number of hydrogen-bond donors (Lipinski definition) is 2. The number of amides is 2. The number of ether oxygens (including phenoxy) is 2. The quantitative estimate of drug-likeness (QED) is 0.383. The molecule has 0 bridgehead atoms. The van der Waals surface area contributed by atoms with Crippen LogP contribution in [0.15, 0.2) is 48.5 Å². The number of unbranched alkanes of at least 4 members (excludes halogenated alkanes) is 3. The fourth-order valence-corrected chi connectivity index (χ4v) is 2.55. The number of methoxy groups -OCH3 is 1. The van der Waals surface area contributed by atoms with E-state index in [0.29, 0.717) is 29.0 Å². The Morgan fingerprint density at radius 3 is 1.79 bits per heavy atom. The van der Waals surface area contributed by atoms with Gasteiger partial charge in [-0.25, -0.2) is 4.79 Å². The maximum Gasteiger partial charge on any atom is 0.337 e. The molecule has 7 heteroatoms. The molecule has 0 atom stereocenters. The molecule has 2 N–H and O–H groups in total. The molecule has 0 unspecified atom stereocenters. The first-order valence-corrected chi connectivity index (χ1v) is 9.57. The van der Waals surface area contributed by atoms with E-state index in [0.717, 1.165) is 12.8 Å². The van der Waals surface area contributed by atoms with Crippen LogP contribution in [-0.4, -0.2) is 31.5 Å². The van der Waals surface area contributed by atoms with E-state index in [1.165, 1.54) is 44.2 Å². The molecule has 2 aromatic carbocycles. The van der Waals surface area contributed by atoms with Crippen LogP contribution in [0.5, 0.6) is 5.75 Å². The zero-order chi connectivity index (χ0) is 21.1. The second-order valence-electron chi connectivity index (χ2n) is 6.41. The van der Waals surface area contributed by atoms with E-state index in [-0.39, 0.29) is 0 Å². The Bertz CT molecular complexity index is 816. The highest BCUT2D eigenvalue weighted by Gasteiger charge is 2.11. The minimum Gasteiger partial charge on any atom is -0.494 e. The number of nitrogens with one attached hydrogen (secondary N) is 2. The maximum atomic E-state index is 12.2. The highest BCUT2D eigenvalue weighted by molar-refractivity contribution is 5.99. The van der Waals surface area contributed by atoms with E-state index in [1.54, 1.807) is 24.3 Å². The summed E-state index contributed by atoms with van der Waals surface area (Å²) in [6.07, 6.45) is 4.52. The van der Waals surface area contributed by atoms with Gasteiger partial charge in [-0.15, -0.1) is 0 Å². The maximum absolute atomic E-state index is 12.2. The number of carbonyl (C=O) groups is 3. The van der Waals surface area contributed by atoms with Crippen LogP contribution in [0.2, 0.25) is 0 Å². The molecule has 7 nitrogen and oxygen atoms in total. The predicted octanol–water partition coefficient (Wildman–Crippen LogP) is 3.51. The first-order chi connectivity index (χ1) is 14.0. The summed E-state index contributed by atoms with van der Waals surface area (Å²) in [6.45, 7) is 2.81. The van der Waals surface area contributed by atoms with Crippen LogP contribution in [0.25, 0.3) is 0 Å². The highest BCUT2D eigenvalue weighted by atomic mass is 16.5. The average molecular weight is 398 g/mol. The number of benzene rings is 2. The van der Waals surface area contributed by atoms with Gasteiger partial charge >= 0.3 is 5.97 Å². The zero-order valence-electron chi connectivity index (χ0n) is 16.7. The van der Waals surface area contributed by atoms with Gasteiger partial charge in [-0.1, -0.05) is 26.2 Å². The van der Waals surface area contributed by atoms with Crippen LogP contribution in [0.3, 0.4) is 0 Å². The number of hydrogen-bond acceptors (Lipinski definition) is 5. The van der Waals surface area contributed by atoms with Crippen LogP contribution in [0.4, 0.5) is 0 Å². The monoisotopic (exact) mass is 398 g/mol. The lowest BCUT2D eigenvalue weighted by molar-refractivity contribution is 0.0600. The molecule has 0 heterocycles. The Hall–Kier alpha value is -3.35. The lowest BCUT2D eigenvalue weighted by atomic mass is 10.1. The van der Waals surface area contributed by atoms with E-state index in [1.807, 2.05) is 0 Å². The molecule has 0 radical (unpaired) electrons. The molecule has 0 aliphatic heterocycles. The molecule has 0 aromatic heterocycles. The standard InChI is InChI=1S/C22H26N2O5/c1-3-4-5-6-15-29-19-13-11-17(12-14-19)21(26)24-23-20(25)16-7-9-18(10-8-16)22(27)28-2/h7-14H,3-6,15H2,1-2H3,(H,23,25)(H,24,26). The van der Waals surface area contributed by atoms with Gasteiger partial charge in [0.1, 0.15) is 5.75 Å². The molecule has 2 aromatic rings. The van der Waals surface area contributed by atoms with Crippen molar-refractivity contribution < 1.29 is 23.9 Å². The van der Waals surface area contributed by atoms with Crippen LogP contribution in [0, 0.1) is 0 Å². The van der Waals surface area contributed by atoms with Crippen molar-refractivity contribution in [2.45, 2.75) is 32.6 Å². The van der Waals surface area contributed by atoms with E-state index >= 15 is 0 Å². The van der Waals surface area contributed by atoms with Crippen molar-refractivity contribution in [1.82, 2.24) is 10.9 Å². The van der Waals surface area contributed by atoms with Crippen LogP contribution < -0.4 is 15.6 Å². The van der Waals surface area contributed by atoms with Gasteiger partial charge in [-0.2, -0.15) is 0 Å². The summed E-state index contributed by atoms with van der Waals surface area (Å²) in [7, 11) is 1.28. The Kier molecular flexibility index (Phi) is 8.69. The van der Waals surface area contributed by atoms with Gasteiger partial charge in [-0.05, 0) is 55.0 Å². The SMILES string of the molecule is CCCCCCOc1ccc(C(=O)NNC(=O)c2ccc(C(=O)OC)cc2)cc1. The third-order valence-electron chi connectivity index (χ3n) is 4.24. The highest BCUT2D eigenvalue weighted by Crippen LogP contribution is 2.13. The van der Waals surface area contributed by atoms with Crippen molar-refractivity contribution in [1.29, 1.82) is 0 Å². The third-order valence-corrected chi connectivity index (χ3v) is 4.24. The predicted molar refractivity (Wildman–Crippen MR) is 109 cm³/mol. The van der Waals surface area contributed by atoms with E-state index < -0.39 is 17.8 Å². The molecule has 0 aliphatic carbocycles. The van der Waals surface area contributed by atoms with Crippen molar-refractivity contribution in [3.8, 4) is 5.75 Å². The fraction of sp³-hybridized carbons (Fsp3) is 0.318. The second-order valence-corrected chi connectivity index (χ2v) is 6.41. The normalized spacial score (nSPS) is 10.1. The largest absolute Gasteiger partial charge is 0.494 e. The van der Waals surface area contributed by atoms with Crippen LogP contribution in [0.1, 0.15) is 63.7 Å². The van der Waals surface area contributed by atoms with E-state index in [4.69, 9.17) is 4.74 Å². The zero-order valence-corrected chi connectivity index (χ0v) is 16.7. The molecule has 0 saturated carbocycles. The minimum atomic E-state index is -0.498. The Balaban J connectivity index is 1.80. The molecular weight excluding hydrogens is 372 g/mol. The smallest absolute Gasteiger partial charge is 0.337 e. The molecule has 154 valence electrons. The van der Waals surface area contributed by atoms with Gasteiger partial charge < -0.3 is 9.47 Å². The first-order valence-electron chi connectivity index (χ1n) is 9.57. The van der Waals surface area contributed by atoms with Gasteiger partial charge in [0.15, 0.2) is 0 Å². The number of hydrazine groups is 1. The second kappa shape index (κ2) is 11.5. The Morgan fingerprint density at radius 2 is 1.28 bits per heavy atom. The van der Waals surface area contributed by atoms with Gasteiger partial charge in [0.05, 0.1) is 19.3 Å². The van der Waals surface area contributed by atoms with Gasteiger partial charge in [0.25, 0.3) is 11.8 Å². The first kappa shape index (κ1) is 21.9. The molecule has 0 aliphatic rings. The van der Waals surface area contributed by atoms with Crippen molar-refractivity contribution >= 4 is 17.8 Å². The summed E-state index contributed by atoms with van der Waals surface area (Å²) >= 11 is 0. The van der Waals surface area contributed by atoms with Crippen LogP contribution >= 0.6 is 0 Å². The topological polar surface area (TPSA) is 93.7 Å². The van der Waals surface area contributed by atoms with Gasteiger partial charge in [0, 0.05) is 11.1 Å². The summed E-state index contributed by atoms with van der Waals surface area (Å²) in [6, 6.07) is 12.6. The van der Waals surface area contributed by atoms with E-state index in [9.17, 15) is 14.4 Å². The molecule has 0 fully saturated rings. The van der Waals surface area contributed by atoms with Gasteiger partial charge in [0.2, 0.25) is 0 Å². The lowest BCUT2D eigenvalue weighted by Crippen LogP contribution is -2.41. The summed E-state index contributed by atoms with van der Waals surface area (Å²) < 4.78 is 10.2. The number of esters is 1. The average Bonchev–Trinajstić information content (AvgIpc) is 2.77. The van der Waals surface area contributed by atoms with Crippen molar-refractivity contribution in [3.63, 3.8) is 0 Å². The molecule has 2 rings (SSSR count). The Labute approximate surface area is 170 Å². The van der Waals surface area contributed by atoms with Crippen molar-refractivity contribution in [2.24, 2.45) is 0 Å². The molecule has 0 saturated heterocycles. The molecule has 2 amide bonds. The summed E-state index contributed by atoms with van der Waals surface area (Å²) in [5.41, 5.74) is 5.73. The minimum absolute atomic E-state index is 0.296. The van der Waals surface area contributed by atoms with Crippen LogP contribution in [-0.2, 0) is 4.74 Å². The van der Waals surface area contributed by atoms with Crippen molar-refractivity contribution in [3.05, 3.63) is 65.2 Å². The number of carbonyl (C=O) groups excluding carboxylic acids is 3. The summed E-state index contributed by atoms with van der Waals surface area (Å²) in [4.78, 5) is 35.7. The Morgan fingerprint density at radius 1 is 0.759 bits per heavy atom. The van der Waals surface area contributed by atoms with Gasteiger partial charge in [-0.3, -0.25) is 20.4 Å². The lowest BCUT2D eigenvalue weighted by Gasteiger charge is -2.09. The number of rotatable bonds is 9. The summed E-state index contributed by atoms with van der Waals surface area (Å²) in [5, 5.41) is 0.